The Balaban J connectivity index is 1.84. The van der Waals surface area contributed by atoms with Gasteiger partial charge in [0.15, 0.2) is 0 Å². The van der Waals surface area contributed by atoms with Crippen LogP contribution in [0.2, 0.25) is 0 Å². The molecule has 1 heterocycles. The number of ether oxygens (including phenoxy) is 1. The minimum atomic E-state index is -3.80. The van der Waals surface area contributed by atoms with Crippen molar-refractivity contribution in [2.24, 2.45) is 0 Å². The second-order valence-electron chi connectivity index (χ2n) is 9.13. The number of anilines is 2. The van der Waals surface area contributed by atoms with Gasteiger partial charge >= 0.3 is 0 Å². The number of rotatable bonds is 8. The standard InChI is InChI=1S/C24H30N4O4S2/c1-15(2)32-14-22(29)27-18-9-6-16(7-10-18)23-26-13-20(33-23)19-11-8-17(25)12-21(19)34(30,31)28-24(3,4)5/h6-13,15,28H,14,25H2,1-5H3,(H,27,29). The van der Waals surface area contributed by atoms with E-state index in [0.29, 0.717) is 21.8 Å². The Morgan fingerprint density at radius 3 is 2.44 bits per heavy atom. The summed E-state index contributed by atoms with van der Waals surface area (Å²) < 4.78 is 34.1. The molecule has 0 aliphatic carbocycles. The predicted molar refractivity (Wildman–Crippen MR) is 137 cm³/mol. The molecule has 0 atom stereocenters. The smallest absolute Gasteiger partial charge is 0.250 e. The van der Waals surface area contributed by atoms with E-state index in [9.17, 15) is 13.2 Å². The first-order chi connectivity index (χ1) is 15.8. The Morgan fingerprint density at radius 1 is 1.15 bits per heavy atom. The number of thiazole rings is 1. The normalized spacial score (nSPS) is 12.2. The van der Waals surface area contributed by atoms with Crippen molar-refractivity contribution in [1.29, 1.82) is 0 Å². The van der Waals surface area contributed by atoms with Crippen molar-refractivity contribution in [2.45, 2.75) is 51.2 Å². The molecule has 0 bridgehead atoms. The van der Waals surface area contributed by atoms with Crippen molar-refractivity contribution in [3.8, 4) is 21.0 Å². The highest BCUT2D eigenvalue weighted by molar-refractivity contribution is 7.89. The van der Waals surface area contributed by atoms with Crippen molar-refractivity contribution in [2.75, 3.05) is 17.7 Å². The van der Waals surface area contributed by atoms with E-state index in [-0.39, 0.29) is 23.5 Å². The summed E-state index contributed by atoms with van der Waals surface area (Å²) in [6.07, 6.45) is 1.63. The Bertz CT molecular complexity index is 1260. The van der Waals surface area contributed by atoms with Crippen molar-refractivity contribution < 1.29 is 17.9 Å². The van der Waals surface area contributed by atoms with E-state index in [2.05, 4.69) is 15.0 Å². The van der Waals surface area contributed by atoms with Crippen LogP contribution in [0.4, 0.5) is 11.4 Å². The van der Waals surface area contributed by atoms with Crippen molar-refractivity contribution in [1.82, 2.24) is 9.71 Å². The first-order valence-corrected chi connectivity index (χ1v) is 13.1. The minimum absolute atomic E-state index is 0.00778. The number of nitrogens with two attached hydrogens (primary N) is 1. The van der Waals surface area contributed by atoms with Gasteiger partial charge in [-0.25, -0.2) is 18.1 Å². The minimum Gasteiger partial charge on any atom is -0.399 e. The number of nitrogen functional groups attached to an aromatic ring is 1. The Kier molecular flexibility index (Phi) is 7.77. The van der Waals surface area contributed by atoms with Crippen molar-refractivity contribution in [3.05, 3.63) is 48.7 Å². The summed E-state index contributed by atoms with van der Waals surface area (Å²) in [5.41, 5.74) is 7.65. The maximum atomic E-state index is 13.1. The zero-order valence-electron chi connectivity index (χ0n) is 19.9. The van der Waals surface area contributed by atoms with Crippen LogP contribution in [-0.4, -0.2) is 37.6 Å². The first kappa shape index (κ1) is 25.8. The fraction of sp³-hybridized carbons (Fsp3) is 0.333. The highest BCUT2D eigenvalue weighted by atomic mass is 32.2. The molecule has 34 heavy (non-hydrogen) atoms. The molecule has 4 N–H and O–H groups in total. The lowest BCUT2D eigenvalue weighted by Gasteiger charge is -2.21. The topological polar surface area (TPSA) is 123 Å². The molecule has 0 saturated carbocycles. The van der Waals surface area contributed by atoms with Crippen LogP contribution in [0.15, 0.2) is 53.6 Å². The number of amides is 1. The van der Waals surface area contributed by atoms with Gasteiger partial charge in [0.2, 0.25) is 15.9 Å². The van der Waals surface area contributed by atoms with E-state index in [0.717, 1.165) is 10.6 Å². The van der Waals surface area contributed by atoms with Gasteiger partial charge in [-0.05, 0) is 71.0 Å². The third-order valence-electron chi connectivity index (χ3n) is 4.47. The molecule has 10 heteroatoms. The molecular formula is C24H30N4O4S2. The van der Waals surface area contributed by atoms with E-state index in [1.165, 1.54) is 17.4 Å². The van der Waals surface area contributed by atoms with E-state index >= 15 is 0 Å². The lowest BCUT2D eigenvalue weighted by atomic mass is 10.1. The summed E-state index contributed by atoms with van der Waals surface area (Å²) in [5.74, 6) is -0.223. The molecule has 0 spiro atoms. The molecule has 8 nitrogen and oxygen atoms in total. The second kappa shape index (κ2) is 10.2. The average Bonchev–Trinajstić information content (AvgIpc) is 3.21. The average molecular weight is 503 g/mol. The fourth-order valence-electron chi connectivity index (χ4n) is 3.09. The molecule has 182 valence electrons. The monoisotopic (exact) mass is 502 g/mol. The third-order valence-corrected chi connectivity index (χ3v) is 7.35. The number of carbonyl (C=O) groups excluding carboxylic acids is 1. The van der Waals surface area contributed by atoms with Crippen LogP contribution in [0.3, 0.4) is 0 Å². The Morgan fingerprint density at radius 2 is 1.82 bits per heavy atom. The number of benzene rings is 2. The summed E-state index contributed by atoms with van der Waals surface area (Å²) in [6.45, 7) is 9.08. The van der Waals surface area contributed by atoms with Crippen LogP contribution >= 0.6 is 11.3 Å². The molecule has 0 unspecified atom stereocenters. The van der Waals surface area contributed by atoms with Gasteiger partial charge in [-0.15, -0.1) is 11.3 Å². The van der Waals surface area contributed by atoms with Crippen molar-refractivity contribution >= 4 is 38.6 Å². The van der Waals surface area contributed by atoms with Gasteiger partial charge in [0.1, 0.15) is 11.6 Å². The molecular weight excluding hydrogens is 472 g/mol. The van der Waals surface area contributed by atoms with Gasteiger partial charge in [0, 0.05) is 34.2 Å². The van der Waals surface area contributed by atoms with Crippen LogP contribution in [0.25, 0.3) is 21.0 Å². The molecule has 1 amide bonds. The quantitative estimate of drug-likeness (QED) is 0.390. The van der Waals surface area contributed by atoms with Gasteiger partial charge in [0.25, 0.3) is 0 Å². The lowest BCUT2D eigenvalue weighted by Crippen LogP contribution is -2.40. The number of hydrogen-bond donors (Lipinski definition) is 3. The number of hydrogen-bond acceptors (Lipinski definition) is 7. The first-order valence-electron chi connectivity index (χ1n) is 10.8. The molecule has 3 rings (SSSR count). The van der Waals surface area contributed by atoms with E-state index < -0.39 is 15.6 Å². The number of nitrogens with zero attached hydrogens (tertiary/aromatic N) is 1. The molecule has 1 aromatic heterocycles. The Labute approximate surface area is 204 Å². The molecule has 3 aromatic rings. The van der Waals surface area contributed by atoms with Crippen LogP contribution in [0, 0.1) is 0 Å². The van der Waals surface area contributed by atoms with Gasteiger partial charge < -0.3 is 15.8 Å². The van der Waals surface area contributed by atoms with Crippen LogP contribution in [0.5, 0.6) is 0 Å². The van der Waals surface area contributed by atoms with Crippen LogP contribution < -0.4 is 15.8 Å². The highest BCUT2D eigenvalue weighted by Gasteiger charge is 2.26. The van der Waals surface area contributed by atoms with Crippen LogP contribution in [-0.2, 0) is 19.6 Å². The highest BCUT2D eigenvalue weighted by Crippen LogP contribution is 2.36. The van der Waals surface area contributed by atoms with Gasteiger partial charge in [-0.1, -0.05) is 6.07 Å². The SMILES string of the molecule is CC(C)OCC(=O)Nc1ccc(-c2ncc(-c3ccc(N)cc3S(=O)(=O)NC(C)(C)C)s2)cc1. The zero-order valence-corrected chi connectivity index (χ0v) is 21.5. The summed E-state index contributed by atoms with van der Waals surface area (Å²) in [6, 6.07) is 12.1. The van der Waals surface area contributed by atoms with E-state index in [1.54, 1.807) is 51.2 Å². The molecule has 0 aliphatic heterocycles. The zero-order chi connectivity index (χ0) is 25.1. The predicted octanol–water partition coefficient (Wildman–Crippen LogP) is 4.50. The molecule has 0 aliphatic rings. The van der Waals surface area contributed by atoms with E-state index in [4.69, 9.17) is 10.5 Å². The number of sulfonamides is 1. The molecule has 0 saturated heterocycles. The van der Waals surface area contributed by atoms with Crippen LogP contribution in [0.1, 0.15) is 34.6 Å². The van der Waals surface area contributed by atoms with Gasteiger partial charge in [-0.2, -0.15) is 0 Å². The maximum absolute atomic E-state index is 13.1. The summed E-state index contributed by atoms with van der Waals surface area (Å²) in [5, 5.41) is 3.51. The number of nitrogens with one attached hydrogen (secondary N) is 2. The second-order valence-corrected chi connectivity index (χ2v) is 11.8. The van der Waals surface area contributed by atoms with Gasteiger partial charge in [0.05, 0.1) is 15.9 Å². The number of carbonyl (C=O) groups is 1. The van der Waals surface area contributed by atoms with Crippen molar-refractivity contribution in [3.63, 3.8) is 0 Å². The number of aromatic nitrogens is 1. The summed E-state index contributed by atoms with van der Waals surface area (Å²) in [4.78, 5) is 17.2. The summed E-state index contributed by atoms with van der Waals surface area (Å²) in [7, 11) is -3.80. The molecule has 0 fully saturated rings. The molecule has 2 aromatic carbocycles. The maximum Gasteiger partial charge on any atom is 0.250 e. The van der Waals surface area contributed by atoms with Gasteiger partial charge in [-0.3, -0.25) is 4.79 Å². The Hall–Kier alpha value is -2.79. The fourth-order valence-corrected chi connectivity index (χ4v) is 5.79. The summed E-state index contributed by atoms with van der Waals surface area (Å²) >= 11 is 1.37. The third kappa shape index (κ3) is 6.86. The largest absolute Gasteiger partial charge is 0.399 e. The lowest BCUT2D eigenvalue weighted by molar-refractivity contribution is -0.121. The van der Waals surface area contributed by atoms with E-state index in [1.807, 2.05) is 26.0 Å². The molecule has 0 radical (unpaired) electrons.